The molecule has 1 saturated carbocycles. The zero-order valence-corrected chi connectivity index (χ0v) is 15.0. The molecular weight excluding hydrogens is 314 g/mol. The van der Waals surface area contributed by atoms with Gasteiger partial charge in [-0.05, 0) is 69.5 Å². The van der Waals surface area contributed by atoms with Crippen LogP contribution in [-0.4, -0.2) is 29.2 Å². The van der Waals surface area contributed by atoms with Gasteiger partial charge < -0.3 is 15.5 Å². The summed E-state index contributed by atoms with van der Waals surface area (Å²) in [6.45, 7) is 8.37. The van der Waals surface area contributed by atoms with E-state index in [1.165, 1.54) is 5.69 Å². The van der Waals surface area contributed by atoms with E-state index in [2.05, 4.69) is 64.7 Å². The second-order valence-electron chi connectivity index (χ2n) is 6.36. The Labute approximate surface area is 148 Å². The van der Waals surface area contributed by atoms with Crippen LogP contribution in [0.25, 0.3) is 0 Å². The summed E-state index contributed by atoms with van der Waals surface area (Å²) in [5.74, 6) is 1.35. The van der Waals surface area contributed by atoms with Gasteiger partial charge in [-0.3, -0.25) is 4.79 Å². The first-order chi connectivity index (χ1) is 12.1. The lowest BCUT2D eigenvalue weighted by atomic mass is 10.1. The molecule has 3 rings (SSSR count). The topological polar surface area (TPSA) is 70.2 Å². The Kier molecular flexibility index (Phi) is 5.16. The summed E-state index contributed by atoms with van der Waals surface area (Å²) in [6.07, 6.45) is 1.95. The van der Waals surface area contributed by atoms with Gasteiger partial charge >= 0.3 is 0 Å². The number of hydrogen-bond acceptors (Lipinski definition) is 5. The lowest BCUT2D eigenvalue weighted by molar-refractivity contribution is -0.117. The van der Waals surface area contributed by atoms with E-state index in [0.717, 1.165) is 37.2 Å². The van der Waals surface area contributed by atoms with E-state index in [-0.39, 0.29) is 11.8 Å². The van der Waals surface area contributed by atoms with E-state index in [0.29, 0.717) is 11.6 Å². The Hall–Kier alpha value is -2.63. The van der Waals surface area contributed by atoms with Crippen LogP contribution in [-0.2, 0) is 4.79 Å². The number of rotatable bonds is 7. The van der Waals surface area contributed by atoms with Crippen molar-refractivity contribution in [2.75, 3.05) is 28.6 Å². The van der Waals surface area contributed by atoms with Crippen LogP contribution in [0, 0.1) is 12.8 Å². The zero-order chi connectivity index (χ0) is 17.8. The summed E-state index contributed by atoms with van der Waals surface area (Å²) in [5.41, 5.74) is 3.37. The highest BCUT2D eigenvalue weighted by Crippen LogP contribution is 2.30. The fourth-order valence-corrected chi connectivity index (χ4v) is 2.75. The lowest BCUT2D eigenvalue weighted by Crippen LogP contribution is -2.21. The molecule has 0 atom stereocenters. The molecule has 1 aromatic carbocycles. The van der Waals surface area contributed by atoms with Gasteiger partial charge in [0.05, 0.1) is 0 Å². The lowest BCUT2D eigenvalue weighted by Gasteiger charge is -2.22. The molecule has 0 radical (unpaired) electrons. The molecule has 1 aromatic heterocycles. The first-order valence-electron chi connectivity index (χ1n) is 8.88. The van der Waals surface area contributed by atoms with Crippen LogP contribution < -0.4 is 15.5 Å². The maximum absolute atomic E-state index is 11.7. The SMILES string of the molecule is CCN(CC)c1ccc(Nc2ccc(NC(=O)C3CC3)nn2)c(C)c1. The highest BCUT2D eigenvalue weighted by Gasteiger charge is 2.29. The largest absolute Gasteiger partial charge is 0.372 e. The summed E-state index contributed by atoms with van der Waals surface area (Å²) in [5, 5.41) is 14.3. The molecule has 6 heteroatoms. The summed E-state index contributed by atoms with van der Waals surface area (Å²) in [4.78, 5) is 14.0. The van der Waals surface area contributed by atoms with Gasteiger partial charge in [-0.25, -0.2) is 0 Å². The van der Waals surface area contributed by atoms with Crippen LogP contribution in [0.5, 0.6) is 0 Å². The molecule has 1 fully saturated rings. The number of aryl methyl sites for hydroxylation is 1. The summed E-state index contributed by atoms with van der Waals surface area (Å²) < 4.78 is 0. The second-order valence-corrected chi connectivity index (χ2v) is 6.36. The van der Waals surface area contributed by atoms with E-state index in [9.17, 15) is 4.79 Å². The molecule has 2 N–H and O–H groups in total. The van der Waals surface area contributed by atoms with Crippen molar-refractivity contribution >= 4 is 28.9 Å². The van der Waals surface area contributed by atoms with Crippen LogP contribution in [0.2, 0.25) is 0 Å². The van der Waals surface area contributed by atoms with Crippen LogP contribution >= 0.6 is 0 Å². The minimum absolute atomic E-state index is 0.0397. The van der Waals surface area contributed by atoms with Crippen molar-refractivity contribution in [3.05, 3.63) is 35.9 Å². The van der Waals surface area contributed by atoms with E-state index in [4.69, 9.17) is 0 Å². The van der Waals surface area contributed by atoms with Gasteiger partial charge in [0.1, 0.15) is 0 Å². The average Bonchev–Trinajstić information content (AvgIpc) is 3.45. The van der Waals surface area contributed by atoms with Crippen LogP contribution in [0.1, 0.15) is 32.3 Å². The number of anilines is 4. The van der Waals surface area contributed by atoms with E-state index < -0.39 is 0 Å². The third kappa shape index (κ3) is 4.26. The maximum atomic E-state index is 11.7. The molecule has 6 nitrogen and oxygen atoms in total. The number of hydrogen-bond donors (Lipinski definition) is 2. The Morgan fingerprint density at radius 3 is 2.36 bits per heavy atom. The van der Waals surface area contributed by atoms with Gasteiger partial charge in [0.15, 0.2) is 11.6 Å². The van der Waals surface area contributed by atoms with Crippen molar-refractivity contribution in [1.82, 2.24) is 10.2 Å². The number of nitrogens with one attached hydrogen (secondary N) is 2. The zero-order valence-electron chi connectivity index (χ0n) is 15.0. The predicted octanol–water partition coefficient (Wildman–Crippen LogP) is 3.72. The average molecular weight is 339 g/mol. The van der Waals surface area contributed by atoms with Crippen molar-refractivity contribution in [2.24, 2.45) is 5.92 Å². The quantitative estimate of drug-likeness (QED) is 0.804. The molecule has 0 saturated heterocycles. The predicted molar refractivity (Wildman–Crippen MR) is 101 cm³/mol. The molecule has 1 aliphatic rings. The van der Waals surface area contributed by atoms with Gasteiger partial charge in [-0.1, -0.05) is 0 Å². The number of carbonyl (C=O) groups is 1. The van der Waals surface area contributed by atoms with E-state index >= 15 is 0 Å². The van der Waals surface area contributed by atoms with Crippen LogP contribution in [0.15, 0.2) is 30.3 Å². The van der Waals surface area contributed by atoms with Gasteiger partial charge in [-0.15, -0.1) is 10.2 Å². The van der Waals surface area contributed by atoms with Crippen molar-refractivity contribution in [3.8, 4) is 0 Å². The molecule has 0 unspecified atom stereocenters. The van der Waals surface area contributed by atoms with Crippen LogP contribution in [0.3, 0.4) is 0 Å². The smallest absolute Gasteiger partial charge is 0.228 e. The van der Waals surface area contributed by atoms with Crippen molar-refractivity contribution in [2.45, 2.75) is 33.6 Å². The highest BCUT2D eigenvalue weighted by molar-refractivity contribution is 5.93. The van der Waals surface area contributed by atoms with Gasteiger partial charge in [0.2, 0.25) is 5.91 Å². The molecule has 1 amide bonds. The molecule has 0 spiro atoms. The number of benzene rings is 1. The molecule has 132 valence electrons. The van der Waals surface area contributed by atoms with E-state index in [1.54, 1.807) is 6.07 Å². The minimum atomic E-state index is 0.0397. The molecule has 0 bridgehead atoms. The van der Waals surface area contributed by atoms with Gasteiger partial charge in [0, 0.05) is 30.4 Å². The van der Waals surface area contributed by atoms with Gasteiger partial charge in [0.25, 0.3) is 0 Å². The fourth-order valence-electron chi connectivity index (χ4n) is 2.75. The fraction of sp³-hybridized carbons (Fsp3) is 0.421. The normalized spacial score (nSPS) is 13.4. The molecule has 1 aliphatic carbocycles. The first-order valence-corrected chi connectivity index (χ1v) is 8.88. The van der Waals surface area contributed by atoms with Crippen LogP contribution in [0.4, 0.5) is 23.0 Å². The first kappa shape index (κ1) is 17.2. The molecule has 2 aromatic rings. The number of aromatic nitrogens is 2. The Morgan fingerprint density at radius 2 is 1.80 bits per heavy atom. The Balaban J connectivity index is 1.66. The minimum Gasteiger partial charge on any atom is -0.372 e. The number of nitrogens with zero attached hydrogens (tertiary/aromatic N) is 3. The Morgan fingerprint density at radius 1 is 1.12 bits per heavy atom. The highest BCUT2D eigenvalue weighted by atomic mass is 16.2. The van der Waals surface area contributed by atoms with Crippen molar-refractivity contribution < 1.29 is 4.79 Å². The molecule has 0 aliphatic heterocycles. The number of amides is 1. The van der Waals surface area contributed by atoms with E-state index in [1.807, 2.05) is 6.07 Å². The third-order valence-corrected chi connectivity index (χ3v) is 4.47. The summed E-state index contributed by atoms with van der Waals surface area (Å²) in [6, 6.07) is 9.95. The molecular formula is C19H25N5O. The maximum Gasteiger partial charge on any atom is 0.228 e. The Bertz CT molecular complexity index is 736. The van der Waals surface area contributed by atoms with Crippen molar-refractivity contribution in [1.29, 1.82) is 0 Å². The third-order valence-electron chi connectivity index (χ3n) is 4.47. The standard InChI is InChI=1S/C19H25N5O/c1-4-24(5-2)15-8-9-16(13(3)12-15)20-17-10-11-18(23-22-17)21-19(25)14-6-7-14/h8-12,14H,4-7H2,1-3H3,(H,20,22)(H,21,23,25). The summed E-state index contributed by atoms with van der Waals surface area (Å²) in [7, 11) is 0. The molecule has 25 heavy (non-hydrogen) atoms. The molecule has 1 heterocycles. The monoisotopic (exact) mass is 339 g/mol. The van der Waals surface area contributed by atoms with Gasteiger partial charge in [-0.2, -0.15) is 0 Å². The number of carbonyl (C=O) groups excluding carboxylic acids is 1. The second kappa shape index (κ2) is 7.51. The summed E-state index contributed by atoms with van der Waals surface area (Å²) >= 11 is 0. The van der Waals surface area contributed by atoms with Crippen molar-refractivity contribution in [3.63, 3.8) is 0 Å².